The second-order valence-corrected chi connectivity index (χ2v) is 4.41. The lowest BCUT2D eigenvalue weighted by Gasteiger charge is -2.04. The quantitative estimate of drug-likeness (QED) is 0.716. The molecule has 2 aromatic rings. The van der Waals surface area contributed by atoms with Crippen LogP contribution in [0.2, 0.25) is 10.3 Å². The summed E-state index contributed by atoms with van der Waals surface area (Å²) in [6, 6.07) is 7.54. The second-order valence-electron chi connectivity index (χ2n) is 3.64. The number of nitrogens with zero attached hydrogens (tertiary/aromatic N) is 2. The highest BCUT2D eigenvalue weighted by Gasteiger charge is 2.05. The van der Waals surface area contributed by atoms with Gasteiger partial charge in [0.25, 0.3) is 0 Å². The molecular formula is C12H10Cl2N2. The number of halogens is 2. The molecule has 0 fully saturated rings. The molecule has 0 N–H and O–H groups in total. The molecular weight excluding hydrogens is 243 g/mol. The van der Waals surface area contributed by atoms with Gasteiger partial charge in [0.2, 0.25) is 0 Å². The standard InChI is InChI=1S/C12H10Cl2N2/c1-7-3-4-9(5-8(7)2)12-15-10(13)6-11(14)16-12/h3-6H,1-2H3. The average Bonchev–Trinajstić information content (AvgIpc) is 2.20. The molecule has 82 valence electrons. The second kappa shape index (κ2) is 4.40. The summed E-state index contributed by atoms with van der Waals surface area (Å²) in [6.45, 7) is 4.11. The number of aromatic nitrogens is 2. The van der Waals surface area contributed by atoms with Crippen molar-refractivity contribution in [3.05, 3.63) is 45.7 Å². The van der Waals surface area contributed by atoms with Gasteiger partial charge in [0.15, 0.2) is 5.82 Å². The molecule has 2 nitrogen and oxygen atoms in total. The third-order valence-electron chi connectivity index (χ3n) is 2.43. The molecule has 16 heavy (non-hydrogen) atoms. The normalized spacial score (nSPS) is 10.5. The minimum atomic E-state index is 0.355. The van der Waals surface area contributed by atoms with Crippen molar-refractivity contribution in [2.75, 3.05) is 0 Å². The lowest BCUT2D eigenvalue weighted by molar-refractivity contribution is 1.17. The Morgan fingerprint density at radius 3 is 2.06 bits per heavy atom. The van der Waals surface area contributed by atoms with Crippen molar-refractivity contribution < 1.29 is 0 Å². The maximum absolute atomic E-state index is 5.84. The van der Waals surface area contributed by atoms with Gasteiger partial charge in [-0.1, -0.05) is 35.3 Å². The van der Waals surface area contributed by atoms with E-state index in [4.69, 9.17) is 23.2 Å². The fourth-order valence-electron chi connectivity index (χ4n) is 1.40. The largest absolute Gasteiger partial charge is 0.216 e. The molecule has 0 aliphatic carbocycles. The van der Waals surface area contributed by atoms with E-state index >= 15 is 0 Å². The lowest BCUT2D eigenvalue weighted by atomic mass is 10.1. The minimum Gasteiger partial charge on any atom is -0.216 e. The average molecular weight is 253 g/mol. The molecule has 0 radical (unpaired) electrons. The smallest absolute Gasteiger partial charge is 0.162 e. The Hall–Kier alpha value is -1.12. The molecule has 0 aliphatic rings. The summed E-state index contributed by atoms with van der Waals surface area (Å²) in [6.07, 6.45) is 0. The highest BCUT2D eigenvalue weighted by atomic mass is 35.5. The van der Waals surface area contributed by atoms with Gasteiger partial charge in [0, 0.05) is 11.6 Å². The van der Waals surface area contributed by atoms with E-state index in [1.807, 2.05) is 25.1 Å². The summed E-state index contributed by atoms with van der Waals surface area (Å²) < 4.78 is 0. The first kappa shape index (κ1) is 11.4. The van der Waals surface area contributed by atoms with Crippen LogP contribution in [0.1, 0.15) is 11.1 Å². The molecule has 1 heterocycles. The van der Waals surface area contributed by atoms with Crippen LogP contribution < -0.4 is 0 Å². The van der Waals surface area contributed by atoms with E-state index in [9.17, 15) is 0 Å². The molecule has 0 saturated carbocycles. The highest BCUT2D eigenvalue weighted by molar-refractivity contribution is 6.33. The number of aryl methyl sites for hydroxylation is 2. The van der Waals surface area contributed by atoms with Gasteiger partial charge in [-0.25, -0.2) is 9.97 Å². The topological polar surface area (TPSA) is 25.8 Å². The van der Waals surface area contributed by atoms with Crippen molar-refractivity contribution in [2.24, 2.45) is 0 Å². The monoisotopic (exact) mass is 252 g/mol. The molecule has 0 amide bonds. The van der Waals surface area contributed by atoms with Crippen molar-refractivity contribution in [1.82, 2.24) is 9.97 Å². The summed E-state index contributed by atoms with van der Waals surface area (Å²) in [5.74, 6) is 0.556. The van der Waals surface area contributed by atoms with E-state index < -0.39 is 0 Å². The predicted molar refractivity (Wildman–Crippen MR) is 67.0 cm³/mol. The molecule has 1 aromatic carbocycles. The first-order chi connectivity index (χ1) is 7.56. The first-order valence-electron chi connectivity index (χ1n) is 4.84. The van der Waals surface area contributed by atoms with E-state index in [2.05, 4.69) is 16.9 Å². The van der Waals surface area contributed by atoms with E-state index in [0.29, 0.717) is 16.1 Å². The van der Waals surface area contributed by atoms with Crippen LogP contribution in [0.3, 0.4) is 0 Å². The van der Waals surface area contributed by atoms with Crippen LogP contribution in [-0.2, 0) is 0 Å². The molecule has 0 spiro atoms. The van der Waals surface area contributed by atoms with Crippen molar-refractivity contribution >= 4 is 23.2 Å². The third kappa shape index (κ3) is 2.34. The molecule has 0 unspecified atom stereocenters. The van der Waals surface area contributed by atoms with Gasteiger partial charge in [0.05, 0.1) is 0 Å². The van der Waals surface area contributed by atoms with Gasteiger partial charge < -0.3 is 0 Å². The highest BCUT2D eigenvalue weighted by Crippen LogP contribution is 2.22. The molecule has 4 heteroatoms. The van der Waals surface area contributed by atoms with Gasteiger partial charge >= 0.3 is 0 Å². The van der Waals surface area contributed by atoms with E-state index in [0.717, 1.165) is 5.56 Å². The van der Waals surface area contributed by atoms with Crippen LogP contribution in [0.25, 0.3) is 11.4 Å². The zero-order valence-electron chi connectivity index (χ0n) is 8.96. The molecule has 0 atom stereocenters. The number of rotatable bonds is 1. The maximum Gasteiger partial charge on any atom is 0.162 e. The summed E-state index contributed by atoms with van der Waals surface area (Å²) in [5, 5.41) is 0.710. The molecule has 0 bridgehead atoms. The summed E-state index contributed by atoms with van der Waals surface area (Å²) in [4.78, 5) is 8.29. The fourth-order valence-corrected chi connectivity index (χ4v) is 1.82. The number of hydrogen-bond donors (Lipinski definition) is 0. The van der Waals surface area contributed by atoms with Gasteiger partial charge in [-0.05, 0) is 31.0 Å². The summed E-state index contributed by atoms with van der Waals surface area (Å²) in [7, 11) is 0. The zero-order chi connectivity index (χ0) is 11.7. The number of benzene rings is 1. The SMILES string of the molecule is Cc1ccc(-c2nc(Cl)cc(Cl)n2)cc1C. The van der Waals surface area contributed by atoms with Crippen LogP contribution in [0.4, 0.5) is 0 Å². The Morgan fingerprint density at radius 1 is 0.875 bits per heavy atom. The van der Waals surface area contributed by atoms with Gasteiger partial charge in [-0.15, -0.1) is 0 Å². The molecule has 1 aromatic heterocycles. The van der Waals surface area contributed by atoms with Gasteiger partial charge in [0.1, 0.15) is 10.3 Å². The van der Waals surface area contributed by atoms with Crippen LogP contribution in [-0.4, -0.2) is 9.97 Å². The predicted octanol–water partition coefficient (Wildman–Crippen LogP) is 4.07. The summed E-state index contributed by atoms with van der Waals surface area (Å²) in [5.41, 5.74) is 3.35. The first-order valence-corrected chi connectivity index (χ1v) is 5.59. The lowest BCUT2D eigenvalue weighted by Crippen LogP contribution is -1.91. The van der Waals surface area contributed by atoms with Gasteiger partial charge in [-0.3, -0.25) is 0 Å². The van der Waals surface area contributed by atoms with Crippen LogP contribution in [0.15, 0.2) is 24.3 Å². The Kier molecular flexibility index (Phi) is 3.13. The maximum atomic E-state index is 5.84. The molecule has 0 saturated heterocycles. The van der Waals surface area contributed by atoms with Crippen molar-refractivity contribution in [1.29, 1.82) is 0 Å². The fraction of sp³-hybridized carbons (Fsp3) is 0.167. The van der Waals surface area contributed by atoms with E-state index in [-0.39, 0.29) is 0 Å². The van der Waals surface area contributed by atoms with Crippen molar-refractivity contribution in [3.63, 3.8) is 0 Å². The molecule has 2 rings (SSSR count). The van der Waals surface area contributed by atoms with Crippen LogP contribution in [0, 0.1) is 13.8 Å². The van der Waals surface area contributed by atoms with Crippen molar-refractivity contribution in [2.45, 2.75) is 13.8 Å². The van der Waals surface area contributed by atoms with Crippen LogP contribution >= 0.6 is 23.2 Å². The Balaban J connectivity index is 2.54. The Morgan fingerprint density at radius 2 is 1.50 bits per heavy atom. The minimum absolute atomic E-state index is 0.355. The van der Waals surface area contributed by atoms with E-state index in [1.165, 1.54) is 17.2 Å². The van der Waals surface area contributed by atoms with Crippen molar-refractivity contribution in [3.8, 4) is 11.4 Å². The van der Waals surface area contributed by atoms with Gasteiger partial charge in [-0.2, -0.15) is 0 Å². The molecule has 0 aliphatic heterocycles. The zero-order valence-corrected chi connectivity index (χ0v) is 10.5. The Labute approximate surface area is 104 Å². The Bertz CT molecular complexity index is 518. The summed E-state index contributed by atoms with van der Waals surface area (Å²) >= 11 is 11.7. The third-order valence-corrected chi connectivity index (χ3v) is 2.82. The van der Waals surface area contributed by atoms with Crippen LogP contribution in [0.5, 0.6) is 0 Å². The van der Waals surface area contributed by atoms with E-state index in [1.54, 1.807) is 0 Å². The number of hydrogen-bond acceptors (Lipinski definition) is 2.